The first-order chi connectivity index (χ1) is 8.96. The van der Waals surface area contributed by atoms with Gasteiger partial charge in [0.2, 0.25) is 0 Å². The summed E-state index contributed by atoms with van der Waals surface area (Å²) in [5.74, 6) is 0. The minimum atomic E-state index is -4.19. The van der Waals surface area contributed by atoms with Crippen LogP contribution in [0.3, 0.4) is 0 Å². The number of hydrogen-bond acceptors (Lipinski definition) is 3. The van der Waals surface area contributed by atoms with E-state index in [4.69, 9.17) is 0 Å². The van der Waals surface area contributed by atoms with Crippen molar-refractivity contribution in [3.63, 3.8) is 0 Å². The maximum absolute atomic E-state index is 12.8. The van der Waals surface area contributed by atoms with Crippen molar-refractivity contribution in [2.45, 2.75) is 18.6 Å². The van der Waals surface area contributed by atoms with Crippen molar-refractivity contribution >= 4 is 40.7 Å². The number of nitrogens with zero attached hydrogens (tertiary/aromatic N) is 2. The largest absolute Gasteiger partial charge is 0.391 e. The Bertz CT molecular complexity index is 428. The summed E-state index contributed by atoms with van der Waals surface area (Å²) in [4.78, 5) is 6.03. The molecule has 122 valence electrons. The summed E-state index contributed by atoms with van der Waals surface area (Å²) in [6, 6.07) is 4.38. The number of hydrogen-bond donors (Lipinski definition) is 1. The SMILES string of the molecule is Cl.Cl.FC(F)(F)C[C@H](c1cccc(Br)n1)N1CCNCC1. The topological polar surface area (TPSA) is 28.2 Å². The highest BCUT2D eigenvalue weighted by atomic mass is 79.9. The number of halogens is 6. The van der Waals surface area contributed by atoms with Crippen LogP contribution in [0.25, 0.3) is 0 Å². The van der Waals surface area contributed by atoms with Gasteiger partial charge in [-0.2, -0.15) is 13.2 Å². The summed E-state index contributed by atoms with van der Waals surface area (Å²) in [5, 5.41) is 3.14. The fourth-order valence-electron chi connectivity index (χ4n) is 2.24. The third-order valence-corrected chi connectivity index (χ3v) is 3.54. The zero-order valence-electron chi connectivity index (χ0n) is 11.1. The van der Waals surface area contributed by atoms with Gasteiger partial charge in [-0.15, -0.1) is 24.8 Å². The Morgan fingerprint density at radius 1 is 1.24 bits per heavy atom. The number of aromatic nitrogens is 1. The molecule has 2 heterocycles. The van der Waals surface area contributed by atoms with Crippen LogP contribution in [0.15, 0.2) is 22.8 Å². The molecule has 0 unspecified atom stereocenters. The summed E-state index contributed by atoms with van der Waals surface area (Å²) >= 11 is 3.21. The van der Waals surface area contributed by atoms with Crippen LogP contribution in [-0.2, 0) is 0 Å². The molecular weight excluding hydrogens is 394 g/mol. The smallest absolute Gasteiger partial charge is 0.314 e. The predicted octanol–water partition coefficient (Wildman–Crippen LogP) is 3.59. The third-order valence-electron chi connectivity index (χ3n) is 3.10. The van der Waals surface area contributed by atoms with Crippen molar-refractivity contribution in [3.8, 4) is 0 Å². The highest BCUT2D eigenvalue weighted by Crippen LogP contribution is 2.33. The monoisotopic (exact) mass is 409 g/mol. The van der Waals surface area contributed by atoms with Gasteiger partial charge in [0.15, 0.2) is 0 Å². The average Bonchev–Trinajstić information content (AvgIpc) is 2.36. The lowest BCUT2D eigenvalue weighted by molar-refractivity contribution is -0.149. The van der Waals surface area contributed by atoms with Crippen molar-refractivity contribution in [3.05, 3.63) is 28.5 Å². The molecule has 0 aliphatic carbocycles. The van der Waals surface area contributed by atoms with E-state index in [2.05, 4.69) is 26.2 Å². The fraction of sp³-hybridized carbons (Fsp3) is 0.583. The minimum Gasteiger partial charge on any atom is -0.314 e. The molecule has 1 saturated heterocycles. The normalized spacial score (nSPS) is 17.5. The van der Waals surface area contributed by atoms with Crippen LogP contribution in [0.4, 0.5) is 13.2 Å². The van der Waals surface area contributed by atoms with Crippen LogP contribution in [0.5, 0.6) is 0 Å². The van der Waals surface area contributed by atoms with Gasteiger partial charge >= 0.3 is 6.18 Å². The highest BCUT2D eigenvalue weighted by molar-refractivity contribution is 9.10. The summed E-state index contributed by atoms with van der Waals surface area (Å²) in [7, 11) is 0. The molecule has 0 saturated carbocycles. The van der Waals surface area contributed by atoms with Gasteiger partial charge in [0, 0.05) is 26.2 Å². The fourth-order valence-corrected chi connectivity index (χ4v) is 2.60. The Kier molecular flexibility index (Phi) is 9.11. The minimum absolute atomic E-state index is 0. The first kappa shape index (κ1) is 20.9. The van der Waals surface area contributed by atoms with Gasteiger partial charge in [-0.05, 0) is 28.1 Å². The predicted molar refractivity (Wildman–Crippen MR) is 84.3 cm³/mol. The molecule has 2 rings (SSSR count). The Labute approximate surface area is 142 Å². The number of nitrogens with one attached hydrogen (secondary N) is 1. The van der Waals surface area contributed by atoms with Gasteiger partial charge < -0.3 is 5.32 Å². The standard InChI is InChI=1S/C12H15BrF3N3.2ClH/c13-11-3-1-2-9(18-11)10(8-12(14,15)16)19-6-4-17-5-7-19;;/h1-3,10,17H,4-8H2;2*1H/t10-;;/m1../s1. The van der Waals surface area contributed by atoms with E-state index in [-0.39, 0.29) is 24.8 Å². The molecule has 0 amide bonds. The lowest BCUT2D eigenvalue weighted by atomic mass is 10.1. The van der Waals surface area contributed by atoms with Gasteiger partial charge in [-0.1, -0.05) is 6.07 Å². The van der Waals surface area contributed by atoms with E-state index in [1.165, 1.54) is 0 Å². The van der Waals surface area contributed by atoms with Crippen LogP contribution < -0.4 is 5.32 Å². The van der Waals surface area contributed by atoms with Crippen LogP contribution in [0.1, 0.15) is 18.2 Å². The number of pyridine rings is 1. The number of alkyl halides is 3. The van der Waals surface area contributed by atoms with Crippen molar-refractivity contribution < 1.29 is 13.2 Å². The van der Waals surface area contributed by atoms with Crippen molar-refractivity contribution in [1.82, 2.24) is 15.2 Å². The molecule has 1 N–H and O–H groups in total. The zero-order valence-corrected chi connectivity index (χ0v) is 14.3. The molecule has 0 spiro atoms. The molecule has 21 heavy (non-hydrogen) atoms. The van der Waals surface area contributed by atoms with Crippen molar-refractivity contribution in [2.24, 2.45) is 0 Å². The molecule has 0 aromatic carbocycles. The second-order valence-electron chi connectivity index (χ2n) is 4.51. The van der Waals surface area contributed by atoms with E-state index in [0.717, 1.165) is 0 Å². The van der Waals surface area contributed by atoms with Crippen molar-refractivity contribution in [2.75, 3.05) is 26.2 Å². The molecule has 0 radical (unpaired) electrons. The number of piperazine rings is 1. The van der Waals surface area contributed by atoms with E-state index in [1.54, 1.807) is 18.2 Å². The molecule has 1 aromatic heterocycles. The van der Waals surface area contributed by atoms with Gasteiger partial charge in [0.25, 0.3) is 0 Å². The molecule has 1 fully saturated rings. The third kappa shape index (κ3) is 6.69. The first-order valence-corrected chi connectivity index (χ1v) is 6.89. The molecule has 1 atom stereocenters. The van der Waals surface area contributed by atoms with E-state index in [1.807, 2.05) is 4.90 Å². The van der Waals surface area contributed by atoms with Crippen LogP contribution in [0.2, 0.25) is 0 Å². The molecule has 3 nitrogen and oxygen atoms in total. The van der Waals surface area contributed by atoms with Crippen LogP contribution >= 0.6 is 40.7 Å². The van der Waals surface area contributed by atoms with E-state index < -0.39 is 18.6 Å². The molecule has 0 bridgehead atoms. The average molecular weight is 411 g/mol. The Hall–Kier alpha value is -0.0800. The lowest BCUT2D eigenvalue weighted by Gasteiger charge is -2.35. The first-order valence-electron chi connectivity index (χ1n) is 6.10. The summed E-state index contributed by atoms with van der Waals surface area (Å²) in [6.45, 7) is 2.63. The molecular formula is C12H17BrCl2F3N3. The maximum Gasteiger partial charge on any atom is 0.391 e. The van der Waals surface area contributed by atoms with Crippen molar-refractivity contribution in [1.29, 1.82) is 0 Å². The van der Waals surface area contributed by atoms with E-state index in [0.29, 0.717) is 36.5 Å². The Morgan fingerprint density at radius 2 is 1.86 bits per heavy atom. The quantitative estimate of drug-likeness (QED) is 0.772. The molecule has 1 aliphatic heterocycles. The highest BCUT2D eigenvalue weighted by Gasteiger charge is 2.36. The maximum atomic E-state index is 12.8. The molecule has 1 aromatic rings. The Balaban J connectivity index is 0.00000200. The number of rotatable bonds is 3. The lowest BCUT2D eigenvalue weighted by Crippen LogP contribution is -2.46. The van der Waals surface area contributed by atoms with E-state index >= 15 is 0 Å². The zero-order chi connectivity index (χ0) is 13.9. The van der Waals surface area contributed by atoms with E-state index in [9.17, 15) is 13.2 Å². The second-order valence-corrected chi connectivity index (χ2v) is 5.32. The van der Waals surface area contributed by atoms with Gasteiger partial charge in [0.05, 0.1) is 18.2 Å². The summed E-state index contributed by atoms with van der Waals surface area (Å²) in [6.07, 6.45) is -5.06. The Morgan fingerprint density at radius 3 is 2.38 bits per heavy atom. The summed E-state index contributed by atoms with van der Waals surface area (Å²) < 4.78 is 38.9. The van der Waals surface area contributed by atoms with Crippen LogP contribution in [-0.4, -0.2) is 42.2 Å². The molecule has 1 aliphatic rings. The van der Waals surface area contributed by atoms with Gasteiger partial charge in [0.1, 0.15) is 4.60 Å². The second kappa shape index (κ2) is 9.15. The van der Waals surface area contributed by atoms with Gasteiger partial charge in [-0.3, -0.25) is 4.90 Å². The summed E-state index contributed by atoms with van der Waals surface area (Å²) in [5.41, 5.74) is 0.466. The van der Waals surface area contributed by atoms with Gasteiger partial charge in [-0.25, -0.2) is 4.98 Å². The van der Waals surface area contributed by atoms with Crippen LogP contribution in [0, 0.1) is 0 Å². The molecule has 9 heteroatoms.